The molecular formula is C18H15N5O2. The Morgan fingerprint density at radius 1 is 1.20 bits per heavy atom. The Hall–Kier alpha value is -3.48. The molecule has 3 aromatic heterocycles. The van der Waals surface area contributed by atoms with Gasteiger partial charge in [0, 0.05) is 28.9 Å². The molecule has 0 saturated carbocycles. The molecule has 0 atom stereocenters. The molecule has 1 aromatic carbocycles. The Balaban J connectivity index is 1.45. The molecule has 2 N–H and O–H groups in total. The molecule has 0 aliphatic rings. The van der Waals surface area contributed by atoms with E-state index in [2.05, 4.69) is 25.4 Å². The highest BCUT2D eigenvalue weighted by molar-refractivity contribution is 5.98. The van der Waals surface area contributed by atoms with Crippen LogP contribution in [-0.2, 0) is 6.54 Å². The van der Waals surface area contributed by atoms with Crippen LogP contribution >= 0.6 is 0 Å². The molecule has 3 heterocycles. The highest BCUT2D eigenvalue weighted by atomic mass is 16.5. The van der Waals surface area contributed by atoms with Crippen molar-refractivity contribution in [3.63, 3.8) is 0 Å². The summed E-state index contributed by atoms with van der Waals surface area (Å²) in [6.07, 6.45) is 3.32. The highest BCUT2D eigenvalue weighted by Crippen LogP contribution is 2.17. The number of nitrogens with zero attached hydrogens (tertiary/aromatic N) is 3. The van der Waals surface area contributed by atoms with Gasteiger partial charge in [-0.3, -0.25) is 9.78 Å². The maximum absolute atomic E-state index is 12.3. The normalized spacial score (nSPS) is 10.9. The SMILES string of the molecule is Cc1ccc2cc(C(=O)NCc3nc(-c4ccncc4)no3)[nH]c2c1. The molecule has 0 spiro atoms. The third-order valence-electron chi connectivity index (χ3n) is 3.83. The Labute approximate surface area is 143 Å². The van der Waals surface area contributed by atoms with E-state index in [4.69, 9.17) is 4.52 Å². The van der Waals surface area contributed by atoms with Crippen molar-refractivity contribution in [2.45, 2.75) is 13.5 Å². The molecule has 7 nitrogen and oxygen atoms in total. The predicted molar refractivity (Wildman–Crippen MR) is 91.7 cm³/mol. The number of pyridine rings is 1. The van der Waals surface area contributed by atoms with Crippen LogP contribution in [0, 0.1) is 6.92 Å². The molecule has 1 amide bonds. The Morgan fingerprint density at radius 2 is 2.04 bits per heavy atom. The summed E-state index contributed by atoms with van der Waals surface area (Å²) < 4.78 is 5.17. The summed E-state index contributed by atoms with van der Waals surface area (Å²) >= 11 is 0. The van der Waals surface area contributed by atoms with Crippen molar-refractivity contribution in [3.05, 3.63) is 65.9 Å². The monoisotopic (exact) mass is 333 g/mol. The molecule has 0 saturated heterocycles. The average molecular weight is 333 g/mol. The first kappa shape index (κ1) is 15.1. The molecule has 0 aliphatic carbocycles. The topological polar surface area (TPSA) is 96.7 Å². The quantitative estimate of drug-likeness (QED) is 0.598. The van der Waals surface area contributed by atoms with E-state index in [1.807, 2.05) is 31.2 Å². The minimum absolute atomic E-state index is 0.158. The second-order valence-electron chi connectivity index (χ2n) is 5.70. The minimum Gasteiger partial charge on any atom is -0.351 e. The fourth-order valence-corrected chi connectivity index (χ4v) is 2.56. The van der Waals surface area contributed by atoms with Crippen LogP contribution < -0.4 is 5.32 Å². The van der Waals surface area contributed by atoms with Crippen molar-refractivity contribution >= 4 is 16.8 Å². The molecule has 0 aliphatic heterocycles. The lowest BCUT2D eigenvalue weighted by Gasteiger charge is -1.99. The number of aromatic amines is 1. The number of H-pyrrole nitrogens is 1. The number of rotatable bonds is 4. The standard InChI is InChI=1S/C18H15N5O2/c1-11-2-3-13-9-15(21-14(13)8-11)18(24)20-10-16-22-17(23-25-16)12-4-6-19-7-5-12/h2-9,21H,10H2,1H3,(H,20,24). The van der Waals surface area contributed by atoms with Gasteiger partial charge in [0.15, 0.2) is 0 Å². The molecule has 25 heavy (non-hydrogen) atoms. The summed E-state index contributed by atoms with van der Waals surface area (Å²) in [6.45, 7) is 2.17. The fourth-order valence-electron chi connectivity index (χ4n) is 2.56. The summed E-state index contributed by atoms with van der Waals surface area (Å²) in [5, 5.41) is 7.68. The third kappa shape index (κ3) is 3.12. The Morgan fingerprint density at radius 3 is 2.88 bits per heavy atom. The molecule has 0 radical (unpaired) electrons. The zero-order valence-corrected chi connectivity index (χ0v) is 13.5. The van der Waals surface area contributed by atoms with Crippen molar-refractivity contribution in [1.82, 2.24) is 25.4 Å². The maximum atomic E-state index is 12.3. The van der Waals surface area contributed by atoms with Gasteiger partial charge in [0.05, 0.1) is 6.54 Å². The summed E-state index contributed by atoms with van der Waals surface area (Å²) in [7, 11) is 0. The number of fused-ring (bicyclic) bond motifs is 1. The molecular weight excluding hydrogens is 318 g/mol. The lowest BCUT2D eigenvalue weighted by Crippen LogP contribution is -2.23. The Bertz CT molecular complexity index is 1040. The largest absolute Gasteiger partial charge is 0.351 e. The van der Waals surface area contributed by atoms with Gasteiger partial charge in [0.2, 0.25) is 11.7 Å². The average Bonchev–Trinajstić information content (AvgIpc) is 3.27. The molecule has 0 bridgehead atoms. The van der Waals surface area contributed by atoms with Gasteiger partial charge < -0.3 is 14.8 Å². The molecule has 4 rings (SSSR count). The van der Waals surface area contributed by atoms with E-state index in [9.17, 15) is 4.79 Å². The maximum Gasteiger partial charge on any atom is 0.268 e. The zero-order chi connectivity index (χ0) is 17.2. The summed E-state index contributed by atoms with van der Waals surface area (Å²) in [6, 6.07) is 11.4. The highest BCUT2D eigenvalue weighted by Gasteiger charge is 2.12. The number of amides is 1. The number of carbonyl (C=O) groups excluding carboxylic acids is 1. The van der Waals surface area contributed by atoms with E-state index in [1.165, 1.54) is 0 Å². The van der Waals surface area contributed by atoms with E-state index >= 15 is 0 Å². The first-order chi connectivity index (χ1) is 12.2. The van der Waals surface area contributed by atoms with Crippen molar-refractivity contribution in [2.24, 2.45) is 0 Å². The number of hydrogen-bond acceptors (Lipinski definition) is 5. The lowest BCUT2D eigenvalue weighted by molar-refractivity contribution is 0.0942. The number of carbonyl (C=O) groups is 1. The van der Waals surface area contributed by atoms with Gasteiger partial charge >= 0.3 is 0 Å². The zero-order valence-electron chi connectivity index (χ0n) is 13.5. The Kier molecular flexibility index (Phi) is 3.74. The van der Waals surface area contributed by atoms with Crippen molar-refractivity contribution < 1.29 is 9.32 Å². The van der Waals surface area contributed by atoms with E-state index in [-0.39, 0.29) is 12.5 Å². The predicted octanol–water partition coefficient (Wildman–Crippen LogP) is 2.85. The minimum atomic E-state index is -0.225. The van der Waals surface area contributed by atoms with Crippen molar-refractivity contribution in [1.29, 1.82) is 0 Å². The first-order valence-corrected chi connectivity index (χ1v) is 7.79. The van der Waals surface area contributed by atoms with Gasteiger partial charge in [-0.25, -0.2) is 0 Å². The van der Waals surface area contributed by atoms with Gasteiger partial charge in [0.25, 0.3) is 5.91 Å². The summed E-state index contributed by atoms with van der Waals surface area (Å²) in [5.74, 6) is 0.581. The molecule has 0 fully saturated rings. The van der Waals surface area contributed by atoms with Gasteiger partial charge in [-0.05, 0) is 36.8 Å². The van der Waals surface area contributed by atoms with Gasteiger partial charge in [-0.2, -0.15) is 4.98 Å². The van der Waals surface area contributed by atoms with Crippen molar-refractivity contribution in [3.8, 4) is 11.4 Å². The molecule has 4 aromatic rings. The van der Waals surface area contributed by atoms with Crippen LogP contribution in [0.4, 0.5) is 0 Å². The van der Waals surface area contributed by atoms with Crippen LogP contribution in [0.2, 0.25) is 0 Å². The summed E-state index contributed by atoms with van der Waals surface area (Å²) in [4.78, 5) is 23.6. The molecule has 7 heteroatoms. The number of hydrogen-bond donors (Lipinski definition) is 2. The van der Waals surface area contributed by atoms with Crippen LogP contribution in [0.25, 0.3) is 22.3 Å². The number of benzene rings is 1. The second-order valence-corrected chi connectivity index (χ2v) is 5.70. The van der Waals surface area contributed by atoms with Crippen LogP contribution in [-0.4, -0.2) is 26.0 Å². The van der Waals surface area contributed by atoms with Crippen LogP contribution in [0.5, 0.6) is 0 Å². The van der Waals surface area contributed by atoms with Gasteiger partial charge in [-0.15, -0.1) is 0 Å². The number of aromatic nitrogens is 4. The summed E-state index contributed by atoms with van der Waals surface area (Å²) in [5.41, 5.74) is 3.37. The molecule has 124 valence electrons. The van der Waals surface area contributed by atoms with Crippen LogP contribution in [0.1, 0.15) is 21.9 Å². The van der Waals surface area contributed by atoms with Crippen LogP contribution in [0.3, 0.4) is 0 Å². The lowest BCUT2D eigenvalue weighted by atomic mass is 10.2. The number of aryl methyl sites for hydroxylation is 1. The fraction of sp³-hybridized carbons (Fsp3) is 0.111. The second kappa shape index (κ2) is 6.20. The van der Waals surface area contributed by atoms with Gasteiger partial charge in [-0.1, -0.05) is 17.3 Å². The third-order valence-corrected chi connectivity index (χ3v) is 3.83. The van der Waals surface area contributed by atoms with Crippen LogP contribution in [0.15, 0.2) is 53.3 Å². The van der Waals surface area contributed by atoms with E-state index < -0.39 is 0 Å². The molecule has 0 unspecified atom stereocenters. The number of nitrogens with one attached hydrogen (secondary N) is 2. The van der Waals surface area contributed by atoms with Gasteiger partial charge in [0.1, 0.15) is 5.69 Å². The van der Waals surface area contributed by atoms with E-state index in [0.29, 0.717) is 17.4 Å². The smallest absolute Gasteiger partial charge is 0.268 e. The van der Waals surface area contributed by atoms with E-state index in [0.717, 1.165) is 22.0 Å². The van der Waals surface area contributed by atoms with E-state index in [1.54, 1.807) is 24.5 Å². The van der Waals surface area contributed by atoms with Crippen molar-refractivity contribution in [2.75, 3.05) is 0 Å². The first-order valence-electron chi connectivity index (χ1n) is 7.79.